The molecule has 1 aromatic heterocycles. The first kappa shape index (κ1) is 11.1. The molecule has 2 saturated heterocycles. The molecule has 94 valence electrons. The van der Waals surface area contributed by atoms with Crippen molar-refractivity contribution in [2.24, 2.45) is 5.73 Å². The van der Waals surface area contributed by atoms with Gasteiger partial charge in [-0.25, -0.2) is 0 Å². The van der Waals surface area contributed by atoms with Crippen LogP contribution in [0.4, 0.5) is 0 Å². The van der Waals surface area contributed by atoms with Crippen molar-refractivity contribution < 1.29 is 14.4 Å². The van der Waals surface area contributed by atoms with Crippen LogP contribution >= 0.6 is 0 Å². The Hall–Kier alpha value is -0.980. The number of aliphatic hydroxyl groups is 1. The molecule has 3 rings (SSSR count). The van der Waals surface area contributed by atoms with Crippen molar-refractivity contribution in [2.45, 2.75) is 56.5 Å². The molecule has 2 bridgehead atoms. The van der Waals surface area contributed by atoms with Gasteiger partial charge in [0.05, 0.1) is 24.2 Å². The van der Waals surface area contributed by atoms with E-state index in [-0.39, 0.29) is 12.0 Å². The fourth-order valence-corrected chi connectivity index (χ4v) is 2.65. The van der Waals surface area contributed by atoms with Crippen LogP contribution in [0.25, 0.3) is 0 Å². The van der Waals surface area contributed by atoms with Crippen LogP contribution in [0.2, 0.25) is 0 Å². The first-order valence-electron chi connectivity index (χ1n) is 6.07. The standard InChI is InChI=1S/C11H17N3O3/c1-5(15)9(12)11-13-10(14-17-11)7-4-6-2-3-8(7)16-6/h5-9,15H,2-4,12H2,1H3/t5-,6?,7?,8?,9+/m1/s1. The Morgan fingerprint density at radius 1 is 1.47 bits per heavy atom. The zero-order chi connectivity index (χ0) is 12.0. The van der Waals surface area contributed by atoms with Crippen molar-refractivity contribution >= 4 is 0 Å². The van der Waals surface area contributed by atoms with Crippen LogP contribution in [0.1, 0.15) is 49.9 Å². The number of hydrogen-bond acceptors (Lipinski definition) is 6. The van der Waals surface area contributed by atoms with Gasteiger partial charge in [-0.1, -0.05) is 5.16 Å². The van der Waals surface area contributed by atoms with Crippen LogP contribution in [-0.2, 0) is 4.74 Å². The second-order valence-corrected chi connectivity index (χ2v) is 4.97. The van der Waals surface area contributed by atoms with Gasteiger partial charge in [-0.3, -0.25) is 0 Å². The summed E-state index contributed by atoms with van der Waals surface area (Å²) in [5, 5.41) is 13.3. The second-order valence-electron chi connectivity index (χ2n) is 4.97. The zero-order valence-corrected chi connectivity index (χ0v) is 9.74. The van der Waals surface area contributed by atoms with Crippen molar-refractivity contribution in [1.29, 1.82) is 0 Å². The molecule has 5 atom stereocenters. The van der Waals surface area contributed by atoms with Gasteiger partial charge in [0, 0.05) is 0 Å². The summed E-state index contributed by atoms with van der Waals surface area (Å²) in [6.45, 7) is 1.61. The van der Waals surface area contributed by atoms with Gasteiger partial charge < -0.3 is 20.1 Å². The number of ether oxygens (including phenoxy) is 1. The topological polar surface area (TPSA) is 94.4 Å². The Labute approximate surface area is 99.1 Å². The molecule has 2 fully saturated rings. The molecule has 1 aromatic rings. The lowest BCUT2D eigenvalue weighted by Crippen LogP contribution is -2.23. The van der Waals surface area contributed by atoms with Gasteiger partial charge in [0.25, 0.3) is 0 Å². The van der Waals surface area contributed by atoms with E-state index in [1.165, 1.54) is 0 Å². The van der Waals surface area contributed by atoms with Crippen molar-refractivity contribution in [2.75, 3.05) is 0 Å². The summed E-state index contributed by atoms with van der Waals surface area (Å²) in [6, 6.07) is -0.615. The minimum absolute atomic E-state index is 0.229. The summed E-state index contributed by atoms with van der Waals surface area (Å²) in [5.74, 6) is 1.20. The molecule has 6 nitrogen and oxygen atoms in total. The molecule has 3 heterocycles. The van der Waals surface area contributed by atoms with Crippen molar-refractivity contribution in [1.82, 2.24) is 10.1 Å². The zero-order valence-electron chi connectivity index (χ0n) is 9.74. The number of hydrogen-bond donors (Lipinski definition) is 2. The Bertz CT molecular complexity index is 406. The van der Waals surface area contributed by atoms with Gasteiger partial charge in [-0.15, -0.1) is 0 Å². The van der Waals surface area contributed by atoms with Crippen LogP contribution in [-0.4, -0.2) is 33.6 Å². The molecule has 17 heavy (non-hydrogen) atoms. The van der Waals surface area contributed by atoms with Gasteiger partial charge >= 0.3 is 0 Å². The Balaban J connectivity index is 1.77. The molecule has 3 unspecified atom stereocenters. The van der Waals surface area contributed by atoms with E-state index in [4.69, 9.17) is 15.0 Å². The monoisotopic (exact) mass is 239 g/mol. The predicted molar refractivity (Wildman–Crippen MR) is 58.2 cm³/mol. The number of aromatic nitrogens is 2. The third-order valence-electron chi connectivity index (χ3n) is 3.70. The maximum atomic E-state index is 9.38. The van der Waals surface area contributed by atoms with Crippen molar-refractivity contribution in [3.8, 4) is 0 Å². The number of aliphatic hydroxyl groups excluding tert-OH is 1. The summed E-state index contributed by atoms with van der Waals surface area (Å²) in [6.07, 6.45) is 3.07. The van der Waals surface area contributed by atoms with Gasteiger partial charge in [-0.05, 0) is 26.2 Å². The van der Waals surface area contributed by atoms with Gasteiger partial charge in [-0.2, -0.15) is 4.98 Å². The number of fused-ring (bicyclic) bond motifs is 2. The van der Waals surface area contributed by atoms with E-state index in [9.17, 15) is 5.11 Å². The minimum atomic E-state index is -0.695. The summed E-state index contributed by atoms with van der Waals surface area (Å²) in [7, 11) is 0. The van der Waals surface area contributed by atoms with E-state index in [0.717, 1.165) is 19.3 Å². The first-order chi connectivity index (χ1) is 8.15. The molecular weight excluding hydrogens is 222 g/mol. The molecule has 6 heteroatoms. The van der Waals surface area contributed by atoms with Crippen LogP contribution in [0.3, 0.4) is 0 Å². The molecule has 3 N–H and O–H groups in total. The molecular formula is C11H17N3O3. The van der Waals surface area contributed by atoms with Crippen molar-refractivity contribution in [3.05, 3.63) is 11.7 Å². The fraction of sp³-hybridized carbons (Fsp3) is 0.818. The van der Waals surface area contributed by atoms with E-state index >= 15 is 0 Å². The maximum absolute atomic E-state index is 9.38. The maximum Gasteiger partial charge on any atom is 0.246 e. The first-order valence-corrected chi connectivity index (χ1v) is 6.07. The summed E-state index contributed by atoms with van der Waals surface area (Å²) >= 11 is 0. The number of nitrogens with two attached hydrogens (primary N) is 1. The third kappa shape index (κ3) is 1.86. The highest BCUT2D eigenvalue weighted by atomic mass is 16.5. The van der Waals surface area contributed by atoms with Crippen LogP contribution < -0.4 is 5.73 Å². The molecule has 2 aliphatic rings. The van der Waals surface area contributed by atoms with Crippen LogP contribution in [0, 0.1) is 0 Å². The van der Waals surface area contributed by atoms with Crippen molar-refractivity contribution in [3.63, 3.8) is 0 Å². The molecule has 2 aliphatic heterocycles. The molecule has 0 spiro atoms. The lowest BCUT2D eigenvalue weighted by Gasteiger charge is -2.14. The minimum Gasteiger partial charge on any atom is -0.391 e. The summed E-state index contributed by atoms with van der Waals surface area (Å²) in [5.41, 5.74) is 5.75. The largest absolute Gasteiger partial charge is 0.391 e. The smallest absolute Gasteiger partial charge is 0.246 e. The normalized spacial score (nSPS) is 35.1. The molecule has 0 aliphatic carbocycles. The summed E-state index contributed by atoms with van der Waals surface area (Å²) < 4.78 is 10.9. The van der Waals surface area contributed by atoms with E-state index in [2.05, 4.69) is 10.1 Å². The van der Waals surface area contributed by atoms with E-state index in [1.54, 1.807) is 6.92 Å². The van der Waals surface area contributed by atoms with Gasteiger partial charge in [0.15, 0.2) is 5.82 Å². The van der Waals surface area contributed by atoms with Gasteiger partial charge in [0.2, 0.25) is 5.89 Å². The highest BCUT2D eigenvalue weighted by Gasteiger charge is 2.43. The number of rotatable bonds is 3. The molecule has 0 aromatic carbocycles. The van der Waals surface area contributed by atoms with Gasteiger partial charge in [0.1, 0.15) is 6.04 Å². The molecule has 0 saturated carbocycles. The SMILES string of the molecule is C[C@@H](O)[C@H](N)c1nc(C2CC3CCC2O3)no1. The third-order valence-corrected chi connectivity index (χ3v) is 3.70. The fourth-order valence-electron chi connectivity index (χ4n) is 2.65. The lowest BCUT2D eigenvalue weighted by atomic mass is 9.89. The van der Waals surface area contributed by atoms with E-state index in [1.807, 2.05) is 0 Å². The van der Waals surface area contributed by atoms with E-state index < -0.39 is 12.1 Å². The highest BCUT2D eigenvalue weighted by molar-refractivity contribution is 5.07. The Morgan fingerprint density at radius 2 is 2.29 bits per heavy atom. The second kappa shape index (κ2) is 4.04. The van der Waals surface area contributed by atoms with E-state index in [0.29, 0.717) is 17.8 Å². The highest BCUT2D eigenvalue weighted by Crippen LogP contribution is 2.43. The Kier molecular flexibility index (Phi) is 2.65. The predicted octanol–water partition coefficient (Wildman–Crippen LogP) is 0.485. The average molecular weight is 239 g/mol. The Morgan fingerprint density at radius 3 is 2.88 bits per heavy atom. The lowest BCUT2D eigenvalue weighted by molar-refractivity contribution is 0.0996. The molecule has 0 radical (unpaired) electrons. The number of nitrogens with zero attached hydrogens (tertiary/aromatic N) is 2. The molecule has 0 amide bonds. The van der Waals surface area contributed by atoms with Crippen LogP contribution in [0.5, 0.6) is 0 Å². The van der Waals surface area contributed by atoms with Crippen LogP contribution in [0.15, 0.2) is 4.52 Å². The quantitative estimate of drug-likeness (QED) is 0.797. The average Bonchev–Trinajstić information content (AvgIpc) is 3.02. The summed E-state index contributed by atoms with van der Waals surface area (Å²) in [4.78, 5) is 4.29.